The molecule has 0 bridgehead atoms. The molecular weight excluding hydrogens is 564 g/mol. The van der Waals surface area contributed by atoms with E-state index in [1.807, 2.05) is 30.3 Å². The van der Waals surface area contributed by atoms with Gasteiger partial charge in [0.1, 0.15) is 6.61 Å². The van der Waals surface area contributed by atoms with Gasteiger partial charge in [-0.3, -0.25) is 4.79 Å². The fraction of sp³-hybridized carbons (Fsp3) is 0.263. The number of rotatable bonds is 11. The van der Waals surface area contributed by atoms with Gasteiger partial charge in [0.25, 0.3) is 0 Å². The van der Waals surface area contributed by atoms with Crippen LogP contribution in [0.3, 0.4) is 0 Å². The second-order valence-electron chi connectivity index (χ2n) is 11.7. The van der Waals surface area contributed by atoms with Gasteiger partial charge in [0.05, 0.1) is 17.2 Å². The number of ether oxygens (including phenoxy) is 1. The lowest BCUT2D eigenvalue weighted by Gasteiger charge is -2.22. The van der Waals surface area contributed by atoms with Crippen molar-refractivity contribution in [2.24, 2.45) is 0 Å². The van der Waals surface area contributed by atoms with Crippen LogP contribution in [0.4, 0.5) is 0 Å². The Bertz CT molecular complexity index is 1880. The molecule has 0 amide bonds. The fourth-order valence-corrected chi connectivity index (χ4v) is 6.55. The molecule has 0 aliphatic heterocycles. The largest absolute Gasteiger partial charge is 0.486 e. The summed E-state index contributed by atoms with van der Waals surface area (Å²) in [5, 5.41) is 25.9. The van der Waals surface area contributed by atoms with Crippen LogP contribution < -0.4 is 15.6 Å². The average Bonchev–Trinajstić information content (AvgIpc) is 3.47. The maximum absolute atomic E-state index is 12.6. The van der Waals surface area contributed by atoms with Gasteiger partial charge < -0.3 is 25.3 Å². The number of aliphatic hydroxyl groups is 1. The lowest BCUT2D eigenvalue weighted by Crippen LogP contribution is -2.33. The normalized spacial score (nSPS) is 13.6. The summed E-state index contributed by atoms with van der Waals surface area (Å²) in [5.41, 5.74) is 8.15. The molecule has 1 aliphatic carbocycles. The molecule has 1 heterocycles. The van der Waals surface area contributed by atoms with Gasteiger partial charge in [-0.1, -0.05) is 74.5 Å². The molecule has 0 radical (unpaired) electrons. The van der Waals surface area contributed by atoms with E-state index in [-0.39, 0.29) is 23.8 Å². The number of nitrogens with one attached hydrogen (secondary N) is 2. The predicted octanol–water partition coefficient (Wildman–Crippen LogP) is 6.39. The molecule has 4 aromatic carbocycles. The SMILES string of the molecule is CCc1cc2c(cc1CC)CC(NCC(O)c1cc(-c3ccccc3C(=O)O)c(OCc3ccccc3)c3[nH]c(=O)ccc13)C2. The molecule has 7 nitrogen and oxygen atoms in total. The van der Waals surface area contributed by atoms with Crippen molar-refractivity contribution < 1.29 is 19.7 Å². The van der Waals surface area contributed by atoms with Gasteiger partial charge in [-0.25, -0.2) is 4.79 Å². The van der Waals surface area contributed by atoms with Gasteiger partial charge in [0, 0.05) is 29.6 Å². The summed E-state index contributed by atoms with van der Waals surface area (Å²) in [6.45, 7) is 4.89. The third kappa shape index (κ3) is 6.27. The Morgan fingerprint density at radius 3 is 2.24 bits per heavy atom. The molecule has 45 heavy (non-hydrogen) atoms. The Kier molecular flexibility index (Phi) is 8.83. The smallest absolute Gasteiger partial charge is 0.336 e. The number of carbonyl (C=O) groups is 1. The molecule has 0 saturated heterocycles. The molecule has 4 N–H and O–H groups in total. The summed E-state index contributed by atoms with van der Waals surface area (Å²) in [6, 6.07) is 26.1. The van der Waals surface area contributed by atoms with E-state index in [2.05, 4.69) is 36.3 Å². The summed E-state index contributed by atoms with van der Waals surface area (Å²) in [6.07, 6.45) is 2.90. The molecule has 7 heteroatoms. The number of aryl methyl sites for hydroxylation is 2. The van der Waals surface area contributed by atoms with Crippen molar-refractivity contribution in [3.63, 3.8) is 0 Å². The van der Waals surface area contributed by atoms with Gasteiger partial charge in [-0.05, 0) is 82.8 Å². The highest BCUT2D eigenvalue weighted by atomic mass is 16.5. The number of carboxylic acids is 1. The third-order valence-electron chi connectivity index (χ3n) is 8.85. The van der Waals surface area contributed by atoms with Crippen molar-refractivity contribution in [2.75, 3.05) is 6.54 Å². The second kappa shape index (κ2) is 13.1. The maximum atomic E-state index is 12.6. The summed E-state index contributed by atoms with van der Waals surface area (Å²) >= 11 is 0. The van der Waals surface area contributed by atoms with E-state index >= 15 is 0 Å². The summed E-state index contributed by atoms with van der Waals surface area (Å²) in [5.74, 6) is -0.725. The first-order valence-corrected chi connectivity index (χ1v) is 15.6. The number of fused-ring (bicyclic) bond motifs is 2. The number of aromatic nitrogens is 1. The topological polar surface area (TPSA) is 112 Å². The van der Waals surface area contributed by atoms with E-state index in [1.165, 1.54) is 28.3 Å². The van der Waals surface area contributed by atoms with Crippen LogP contribution in [0.2, 0.25) is 0 Å². The van der Waals surface area contributed by atoms with Crippen molar-refractivity contribution in [3.8, 4) is 16.9 Å². The van der Waals surface area contributed by atoms with Crippen LogP contribution in [0.5, 0.6) is 5.75 Å². The summed E-state index contributed by atoms with van der Waals surface area (Å²) in [7, 11) is 0. The Labute approximate surface area is 262 Å². The lowest BCUT2D eigenvalue weighted by atomic mass is 9.92. The number of carboxylic acid groups (broad SMARTS) is 1. The number of benzene rings is 4. The molecular formula is C38H38N2O5. The van der Waals surface area contributed by atoms with E-state index in [1.54, 1.807) is 36.4 Å². The van der Waals surface area contributed by atoms with Crippen LogP contribution in [0.25, 0.3) is 22.0 Å². The average molecular weight is 603 g/mol. The number of H-pyrrole nitrogens is 1. The van der Waals surface area contributed by atoms with Crippen molar-refractivity contribution >= 4 is 16.9 Å². The minimum Gasteiger partial charge on any atom is -0.486 e. The number of hydrogen-bond donors (Lipinski definition) is 4. The standard InChI is InChI=1S/C38H38N2O5/c1-3-24-16-26-18-28(19-27(26)17-25(24)4-2)39-21-34(41)32-20-33(29-12-8-9-13-31(29)38(43)44)37(36-30(32)14-15-35(42)40-36)45-22-23-10-6-5-7-11-23/h5-17,20,28,34,39,41H,3-4,18-19,21-22H2,1-2H3,(H,40,42)(H,43,44). The number of pyridine rings is 1. The van der Waals surface area contributed by atoms with E-state index in [0.29, 0.717) is 39.9 Å². The molecule has 1 aliphatic rings. The van der Waals surface area contributed by atoms with E-state index in [9.17, 15) is 19.8 Å². The monoisotopic (exact) mass is 602 g/mol. The molecule has 1 aromatic heterocycles. The number of aliphatic hydroxyl groups excluding tert-OH is 1. The Morgan fingerprint density at radius 1 is 0.911 bits per heavy atom. The Morgan fingerprint density at radius 2 is 1.58 bits per heavy atom. The van der Waals surface area contributed by atoms with Crippen LogP contribution in [-0.2, 0) is 32.3 Å². The van der Waals surface area contributed by atoms with Crippen LogP contribution in [0.15, 0.2) is 89.7 Å². The molecule has 0 spiro atoms. The summed E-state index contributed by atoms with van der Waals surface area (Å²) in [4.78, 5) is 27.8. The zero-order chi connectivity index (χ0) is 31.5. The fourth-order valence-electron chi connectivity index (χ4n) is 6.55. The van der Waals surface area contributed by atoms with Crippen LogP contribution in [0, 0.1) is 0 Å². The molecule has 1 atom stereocenters. The molecule has 1 unspecified atom stereocenters. The van der Waals surface area contributed by atoms with Gasteiger partial charge in [0.15, 0.2) is 5.75 Å². The molecule has 0 saturated carbocycles. The predicted molar refractivity (Wildman–Crippen MR) is 177 cm³/mol. The first-order chi connectivity index (χ1) is 21.9. The number of aromatic amines is 1. The minimum absolute atomic E-state index is 0.0971. The number of aromatic carboxylic acids is 1. The van der Waals surface area contributed by atoms with E-state index < -0.39 is 12.1 Å². The van der Waals surface area contributed by atoms with Gasteiger partial charge >= 0.3 is 5.97 Å². The molecule has 230 valence electrons. The summed E-state index contributed by atoms with van der Waals surface area (Å²) < 4.78 is 6.37. The van der Waals surface area contributed by atoms with Crippen LogP contribution in [0.1, 0.15) is 63.7 Å². The maximum Gasteiger partial charge on any atom is 0.336 e. The Balaban J connectivity index is 1.37. The van der Waals surface area contributed by atoms with Crippen molar-refractivity contribution in [1.29, 1.82) is 0 Å². The lowest BCUT2D eigenvalue weighted by molar-refractivity contribution is 0.0697. The van der Waals surface area contributed by atoms with Crippen LogP contribution >= 0.6 is 0 Å². The van der Waals surface area contributed by atoms with Gasteiger partial charge in [-0.2, -0.15) is 0 Å². The van der Waals surface area contributed by atoms with Crippen molar-refractivity contribution in [2.45, 2.75) is 58.3 Å². The molecule has 6 rings (SSSR count). The molecule has 5 aromatic rings. The van der Waals surface area contributed by atoms with Crippen molar-refractivity contribution in [1.82, 2.24) is 10.3 Å². The zero-order valence-electron chi connectivity index (χ0n) is 25.6. The van der Waals surface area contributed by atoms with Crippen molar-refractivity contribution in [3.05, 3.63) is 134 Å². The highest BCUT2D eigenvalue weighted by molar-refractivity contribution is 6.01. The highest BCUT2D eigenvalue weighted by Gasteiger charge is 2.26. The zero-order valence-corrected chi connectivity index (χ0v) is 25.6. The molecule has 0 fully saturated rings. The first-order valence-electron chi connectivity index (χ1n) is 15.6. The highest BCUT2D eigenvalue weighted by Crippen LogP contribution is 2.41. The van der Waals surface area contributed by atoms with Gasteiger partial charge in [-0.15, -0.1) is 0 Å². The quantitative estimate of drug-likeness (QED) is 0.140. The van der Waals surface area contributed by atoms with E-state index in [4.69, 9.17) is 4.74 Å². The Hall–Kier alpha value is -4.72. The second-order valence-corrected chi connectivity index (χ2v) is 11.7. The first kappa shape index (κ1) is 30.3. The minimum atomic E-state index is -1.08. The number of hydrogen-bond acceptors (Lipinski definition) is 5. The van der Waals surface area contributed by atoms with E-state index in [0.717, 1.165) is 31.2 Å². The van der Waals surface area contributed by atoms with Crippen LogP contribution in [-0.4, -0.2) is 33.8 Å². The van der Waals surface area contributed by atoms with Gasteiger partial charge in [0.2, 0.25) is 5.56 Å². The third-order valence-corrected chi connectivity index (χ3v) is 8.85.